The van der Waals surface area contributed by atoms with Crippen LogP contribution in [0.15, 0.2) is 59.4 Å². The zero-order valence-corrected chi connectivity index (χ0v) is 20.1. The number of benzene rings is 2. The highest BCUT2D eigenvalue weighted by atomic mass is 35.5. The van der Waals surface area contributed by atoms with Crippen molar-refractivity contribution in [2.45, 2.75) is 19.3 Å². The summed E-state index contributed by atoms with van der Waals surface area (Å²) in [4.78, 5) is 29.1. The van der Waals surface area contributed by atoms with Gasteiger partial charge in [0.2, 0.25) is 0 Å². The highest BCUT2D eigenvalue weighted by Crippen LogP contribution is 2.26. The number of carbonyl (C=O) groups excluding carboxylic acids is 1. The molecule has 0 amide bonds. The molecule has 1 fully saturated rings. The van der Waals surface area contributed by atoms with Crippen LogP contribution in [0.1, 0.15) is 28.9 Å². The van der Waals surface area contributed by atoms with Crippen LogP contribution in [0.25, 0.3) is 16.6 Å². The summed E-state index contributed by atoms with van der Waals surface area (Å²) in [6.07, 6.45) is 2.57. The summed E-state index contributed by atoms with van der Waals surface area (Å²) in [6, 6.07) is 17.3. The average Bonchev–Trinajstić information content (AvgIpc) is 2.81. The molecule has 0 aliphatic carbocycles. The lowest BCUT2D eigenvalue weighted by Gasteiger charge is -2.25. The Bertz CT molecular complexity index is 1140. The maximum atomic E-state index is 13.6. The van der Waals surface area contributed by atoms with E-state index < -0.39 is 5.97 Å². The number of pyridine rings is 1. The van der Waals surface area contributed by atoms with Gasteiger partial charge in [-0.15, -0.1) is 12.4 Å². The Labute approximate surface area is 201 Å². The third kappa shape index (κ3) is 5.64. The van der Waals surface area contributed by atoms with E-state index in [1.165, 1.54) is 0 Å². The first-order valence-electron chi connectivity index (χ1n) is 11.3. The van der Waals surface area contributed by atoms with E-state index in [-0.39, 0.29) is 24.4 Å². The molecule has 2 heterocycles. The van der Waals surface area contributed by atoms with Crippen molar-refractivity contribution in [1.82, 2.24) is 14.8 Å². The van der Waals surface area contributed by atoms with Crippen molar-refractivity contribution in [3.63, 3.8) is 0 Å². The highest BCUT2D eigenvalue weighted by Gasteiger charge is 2.27. The van der Waals surface area contributed by atoms with Crippen LogP contribution in [0, 0.1) is 5.92 Å². The Morgan fingerprint density at radius 2 is 1.73 bits per heavy atom. The zero-order valence-electron chi connectivity index (χ0n) is 19.3. The lowest BCUT2D eigenvalue weighted by atomic mass is 9.89. The van der Waals surface area contributed by atoms with Crippen molar-refractivity contribution >= 4 is 29.3 Å². The van der Waals surface area contributed by atoms with Crippen LogP contribution in [0.4, 0.5) is 0 Å². The number of halogens is 1. The topological polar surface area (TPSA) is 63.6 Å². The normalized spacial score (nSPS) is 14.3. The van der Waals surface area contributed by atoms with Crippen LogP contribution < -0.4 is 10.7 Å². The van der Waals surface area contributed by atoms with Crippen LogP contribution >= 0.6 is 12.4 Å². The number of piperidine rings is 1. The number of hydrogen-bond acceptors (Lipinski definition) is 5. The van der Waals surface area contributed by atoms with Gasteiger partial charge in [0.25, 0.3) is 0 Å². The van der Waals surface area contributed by atoms with Crippen LogP contribution in [0.5, 0.6) is 0 Å². The van der Waals surface area contributed by atoms with E-state index in [1.807, 2.05) is 78.2 Å². The predicted octanol–water partition coefficient (Wildman–Crippen LogP) is 3.67. The molecule has 176 valence electrons. The minimum absolute atomic E-state index is 0. The van der Waals surface area contributed by atoms with Gasteiger partial charge in [0, 0.05) is 23.2 Å². The van der Waals surface area contributed by atoms with Gasteiger partial charge in [0.05, 0.1) is 5.52 Å². The number of esters is 1. The summed E-state index contributed by atoms with van der Waals surface area (Å²) < 4.78 is 7.59. The second kappa shape index (κ2) is 11.5. The molecule has 6 nitrogen and oxygen atoms in total. The lowest BCUT2D eigenvalue weighted by molar-refractivity contribution is 0.0470. The van der Waals surface area contributed by atoms with Crippen molar-refractivity contribution in [2.75, 3.05) is 40.3 Å². The van der Waals surface area contributed by atoms with E-state index in [2.05, 4.69) is 5.32 Å². The highest BCUT2D eigenvalue weighted by molar-refractivity contribution is 5.95. The first-order valence-corrected chi connectivity index (χ1v) is 11.3. The number of hydrogen-bond donors (Lipinski definition) is 1. The molecule has 3 aromatic rings. The van der Waals surface area contributed by atoms with Gasteiger partial charge < -0.3 is 19.5 Å². The van der Waals surface area contributed by atoms with Crippen molar-refractivity contribution in [3.05, 3.63) is 76.1 Å². The van der Waals surface area contributed by atoms with E-state index in [1.54, 1.807) is 0 Å². The van der Waals surface area contributed by atoms with Gasteiger partial charge in [-0.2, -0.15) is 0 Å². The van der Waals surface area contributed by atoms with E-state index >= 15 is 0 Å². The Morgan fingerprint density at radius 3 is 2.42 bits per heavy atom. The molecular formula is C26H32ClN3O3. The molecule has 7 heteroatoms. The van der Waals surface area contributed by atoms with Crippen LogP contribution in [-0.2, 0) is 11.2 Å². The quantitative estimate of drug-likeness (QED) is 0.535. The summed E-state index contributed by atoms with van der Waals surface area (Å²) in [6.45, 7) is 2.77. The first kappa shape index (κ1) is 25.0. The van der Waals surface area contributed by atoms with Crippen molar-refractivity contribution < 1.29 is 9.53 Å². The smallest absolute Gasteiger partial charge is 0.355 e. The van der Waals surface area contributed by atoms with E-state index in [9.17, 15) is 9.59 Å². The minimum atomic E-state index is -0.442. The van der Waals surface area contributed by atoms with Crippen molar-refractivity contribution in [1.29, 1.82) is 0 Å². The third-order valence-corrected chi connectivity index (χ3v) is 6.10. The number of carbonyl (C=O) groups is 1. The Hall–Kier alpha value is -2.67. The zero-order chi connectivity index (χ0) is 22.5. The summed E-state index contributed by atoms with van der Waals surface area (Å²) in [7, 11) is 3.87. The Balaban J connectivity index is 0.00000306. The van der Waals surface area contributed by atoms with Crippen molar-refractivity contribution in [2.24, 2.45) is 5.92 Å². The molecular weight excluding hydrogens is 438 g/mol. The van der Waals surface area contributed by atoms with Crippen LogP contribution in [0.2, 0.25) is 0 Å². The second-order valence-corrected chi connectivity index (χ2v) is 8.68. The standard InChI is InChI=1S/C26H31N3O3.ClH/c1-28(2)16-17-32-26(31)24-22(18-19-12-14-27-15-13-19)25(30)21-10-6-7-11-23(21)29(24)20-8-4-3-5-9-20;/h3-11,19,27H,12-18H2,1-2H3;1H. The van der Waals surface area contributed by atoms with Crippen molar-refractivity contribution in [3.8, 4) is 5.69 Å². The van der Waals surface area contributed by atoms with Gasteiger partial charge in [0.1, 0.15) is 12.3 Å². The molecule has 1 aliphatic heterocycles. The minimum Gasteiger partial charge on any atom is -0.460 e. The van der Waals surface area contributed by atoms with E-state index in [0.29, 0.717) is 35.5 Å². The number of para-hydroxylation sites is 2. The number of fused-ring (bicyclic) bond motifs is 1. The molecule has 0 bridgehead atoms. The molecule has 0 spiro atoms. The lowest BCUT2D eigenvalue weighted by Crippen LogP contribution is -2.32. The fourth-order valence-corrected chi connectivity index (χ4v) is 4.40. The van der Waals surface area contributed by atoms with Gasteiger partial charge in [-0.1, -0.05) is 30.3 Å². The van der Waals surface area contributed by atoms with E-state index in [4.69, 9.17) is 4.74 Å². The predicted molar refractivity (Wildman–Crippen MR) is 135 cm³/mol. The molecule has 0 radical (unpaired) electrons. The summed E-state index contributed by atoms with van der Waals surface area (Å²) in [5.74, 6) is -0.0786. The number of nitrogens with zero attached hydrogens (tertiary/aromatic N) is 2. The fourth-order valence-electron chi connectivity index (χ4n) is 4.40. The molecule has 4 rings (SSSR count). The maximum absolute atomic E-state index is 13.6. The van der Waals surface area contributed by atoms with Crippen LogP contribution in [0.3, 0.4) is 0 Å². The van der Waals surface area contributed by atoms with E-state index in [0.717, 1.165) is 37.1 Å². The molecule has 0 atom stereocenters. The number of aromatic nitrogens is 1. The summed E-state index contributed by atoms with van der Waals surface area (Å²) in [5, 5.41) is 4.01. The molecule has 1 aromatic heterocycles. The largest absolute Gasteiger partial charge is 0.460 e. The number of likely N-dealkylation sites (N-methyl/N-ethyl adjacent to an activating group) is 1. The van der Waals surface area contributed by atoms with Gasteiger partial charge in [-0.3, -0.25) is 4.79 Å². The Kier molecular flexibility index (Phi) is 8.67. The molecule has 1 saturated heterocycles. The molecule has 2 aromatic carbocycles. The Morgan fingerprint density at radius 1 is 1.06 bits per heavy atom. The van der Waals surface area contributed by atoms with Crippen LogP contribution in [-0.4, -0.2) is 55.8 Å². The molecule has 1 N–H and O–H groups in total. The molecule has 33 heavy (non-hydrogen) atoms. The monoisotopic (exact) mass is 469 g/mol. The van der Waals surface area contributed by atoms with Gasteiger partial charge in [0.15, 0.2) is 5.43 Å². The first-order chi connectivity index (χ1) is 15.6. The molecule has 1 aliphatic rings. The molecule has 0 saturated carbocycles. The average molecular weight is 470 g/mol. The SMILES string of the molecule is CN(C)CCOC(=O)c1c(CC2CCNCC2)c(=O)c2ccccc2n1-c1ccccc1.Cl. The molecule has 0 unspecified atom stereocenters. The van der Waals surface area contributed by atoms with Gasteiger partial charge in [-0.05, 0) is 76.6 Å². The second-order valence-electron chi connectivity index (χ2n) is 8.68. The number of ether oxygens (including phenoxy) is 1. The number of rotatable bonds is 7. The maximum Gasteiger partial charge on any atom is 0.355 e. The summed E-state index contributed by atoms with van der Waals surface area (Å²) >= 11 is 0. The van der Waals surface area contributed by atoms with Gasteiger partial charge in [-0.25, -0.2) is 4.79 Å². The fraction of sp³-hybridized carbons (Fsp3) is 0.385. The third-order valence-electron chi connectivity index (χ3n) is 6.10. The van der Waals surface area contributed by atoms with Gasteiger partial charge >= 0.3 is 5.97 Å². The summed E-state index contributed by atoms with van der Waals surface area (Å²) in [5.41, 5.74) is 2.42. The number of nitrogens with one attached hydrogen (secondary N) is 1.